The molecular weight excluding hydrogens is 299 g/mol. The van der Waals surface area contributed by atoms with Crippen LogP contribution < -0.4 is 0 Å². The topological polar surface area (TPSA) is 30.7 Å². The number of nitrogens with zero attached hydrogens (tertiary/aromatic N) is 3. The number of hydrogen-bond donors (Lipinski definition) is 0. The van der Waals surface area contributed by atoms with Crippen molar-refractivity contribution < 1.29 is 13.2 Å². The molecule has 0 aliphatic carbocycles. The highest BCUT2D eigenvalue weighted by Crippen LogP contribution is 2.27. The molecule has 0 bridgehead atoms. The zero-order valence-electron chi connectivity index (χ0n) is 8.66. The van der Waals surface area contributed by atoms with Gasteiger partial charge in [-0.05, 0) is 31.2 Å². The van der Waals surface area contributed by atoms with E-state index in [1.165, 1.54) is 6.92 Å². The Labute approximate surface area is 103 Å². The van der Waals surface area contributed by atoms with Gasteiger partial charge in [0.2, 0.25) is 0 Å². The highest BCUT2D eigenvalue weighted by Gasteiger charge is 2.36. The lowest BCUT2D eigenvalue weighted by Crippen LogP contribution is -2.08. The molecule has 1 aromatic heterocycles. The molecule has 2 aromatic rings. The second-order valence-electron chi connectivity index (χ2n) is 3.37. The summed E-state index contributed by atoms with van der Waals surface area (Å²) in [5, 5.41) is 3.45. The zero-order chi connectivity index (χ0) is 12.6. The Balaban J connectivity index is 2.46. The van der Waals surface area contributed by atoms with E-state index in [2.05, 4.69) is 26.0 Å². The van der Waals surface area contributed by atoms with E-state index in [-0.39, 0.29) is 5.82 Å². The molecule has 90 valence electrons. The Bertz CT molecular complexity index is 531. The van der Waals surface area contributed by atoms with Gasteiger partial charge in [0.05, 0.1) is 5.69 Å². The van der Waals surface area contributed by atoms with Gasteiger partial charge in [0.1, 0.15) is 5.82 Å². The molecule has 0 saturated carbocycles. The maximum atomic E-state index is 12.4. The predicted molar refractivity (Wildman–Crippen MR) is 58.8 cm³/mol. The third kappa shape index (κ3) is 2.49. The van der Waals surface area contributed by atoms with Gasteiger partial charge in [-0.25, -0.2) is 9.67 Å². The summed E-state index contributed by atoms with van der Waals surface area (Å²) in [6.07, 6.45) is -4.52. The van der Waals surface area contributed by atoms with Crippen molar-refractivity contribution in [1.82, 2.24) is 14.8 Å². The van der Waals surface area contributed by atoms with Crippen LogP contribution in [0.4, 0.5) is 13.2 Å². The van der Waals surface area contributed by atoms with Gasteiger partial charge in [0.15, 0.2) is 0 Å². The molecule has 2 rings (SSSR count). The van der Waals surface area contributed by atoms with Gasteiger partial charge in [0, 0.05) is 4.47 Å². The fourth-order valence-electron chi connectivity index (χ4n) is 1.34. The molecule has 1 heterocycles. The minimum absolute atomic E-state index is 0.194. The maximum Gasteiger partial charge on any atom is 0.453 e. The van der Waals surface area contributed by atoms with E-state index in [0.717, 1.165) is 9.15 Å². The lowest BCUT2D eigenvalue weighted by atomic mass is 10.3. The van der Waals surface area contributed by atoms with Crippen LogP contribution in [0.2, 0.25) is 0 Å². The van der Waals surface area contributed by atoms with Crippen LogP contribution in [0.3, 0.4) is 0 Å². The lowest BCUT2D eigenvalue weighted by molar-refractivity contribution is -0.144. The Morgan fingerprint density at radius 1 is 1.18 bits per heavy atom. The summed E-state index contributed by atoms with van der Waals surface area (Å²) in [6.45, 7) is 1.48. The molecule has 0 saturated heterocycles. The predicted octanol–water partition coefficient (Wildman–Crippen LogP) is 3.36. The summed E-state index contributed by atoms with van der Waals surface area (Å²) in [5.41, 5.74) is 0.536. The number of benzene rings is 1. The van der Waals surface area contributed by atoms with Crippen LogP contribution in [-0.2, 0) is 6.18 Å². The first-order valence-corrected chi connectivity index (χ1v) is 5.44. The van der Waals surface area contributed by atoms with Crippen LogP contribution in [0, 0.1) is 6.92 Å². The van der Waals surface area contributed by atoms with Crippen LogP contribution in [0.5, 0.6) is 0 Å². The molecule has 1 aromatic carbocycles. The Kier molecular flexibility index (Phi) is 2.94. The van der Waals surface area contributed by atoms with Crippen molar-refractivity contribution in [3.8, 4) is 5.69 Å². The van der Waals surface area contributed by atoms with Crippen molar-refractivity contribution in [3.63, 3.8) is 0 Å². The molecule has 3 nitrogen and oxygen atoms in total. The summed E-state index contributed by atoms with van der Waals surface area (Å²) in [5.74, 6) is -0.933. The third-order valence-corrected chi connectivity index (χ3v) is 2.62. The lowest BCUT2D eigenvalue weighted by Gasteiger charge is -2.02. The van der Waals surface area contributed by atoms with E-state index in [1.54, 1.807) is 24.3 Å². The average Bonchev–Trinajstić information content (AvgIpc) is 2.61. The van der Waals surface area contributed by atoms with Crippen molar-refractivity contribution in [2.75, 3.05) is 0 Å². The van der Waals surface area contributed by atoms with Crippen LogP contribution in [0.15, 0.2) is 28.7 Å². The van der Waals surface area contributed by atoms with Gasteiger partial charge in [-0.3, -0.25) is 0 Å². The first kappa shape index (κ1) is 12.1. The van der Waals surface area contributed by atoms with Crippen LogP contribution in [0.25, 0.3) is 5.69 Å². The molecule has 0 atom stereocenters. The molecule has 17 heavy (non-hydrogen) atoms. The molecule has 0 fully saturated rings. The second kappa shape index (κ2) is 4.14. The minimum atomic E-state index is -4.52. The van der Waals surface area contributed by atoms with Crippen molar-refractivity contribution in [2.24, 2.45) is 0 Å². The molecule has 0 N–H and O–H groups in total. The fraction of sp³-hybridized carbons (Fsp3) is 0.200. The van der Waals surface area contributed by atoms with Gasteiger partial charge >= 0.3 is 6.18 Å². The van der Waals surface area contributed by atoms with E-state index in [0.29, 0.717) is 5.69 Å². The average molecular weight is 306 g/mol. The summed E-state index contributed by atoms with van der Waals surface area (Å²) in [6, 6.07) is 6.77. The number of aryl methyl sites for hydroxylation is 1. The first-order valence-electron chi connectivity index (χ1n) is 4.65. The molecular formula is C10H7BrF3N3. The monoisotopic (exact) mass is 305 g/mol. The van der Waals surface area contributed by atoms with Crippen molar-refractivity contribution in [1.29, 1.82) is 0 Å². The zero-order valence-corrected chi connectivity index (χ0v) is 10.2. The van der Waals surface area contributed by atoms with Crippen molar-refractivity contribution >= 4 is 15.9 Å². The molecule has 0 amide bonds. The largest absolute Gasteiger partial charge is 0.453 e. The van der Waals surface area contributed by atoms with Gasteiger partial charge in [0.25, 0.3) is 5.82 Å². The van der Waals surface area contributed by atoms with Crippen LogP contribution in [-0.4, -0.2) is 14.8 Å². The van der Waals surface area contributed by atoms with E-state index in [1.807, 2.05) is 0 Å². The SMILES string of the molecule is Cc1nc(C(F)(F)F)nn1-c1ccc(Br)cc1. The first-order chi connectivity index (χ1) is 7.88. The standard InChI is InChI=1S/C10H7BrF3N3/c1-6-15-9(10(12,13)14)16-17(6)8-4-2-7(11)3-5-8/h2-5H,1H3. The van der Waals surface area contributed by atoms with Crippen LogP contribution >= 0.6 is 15.9 Å². The van der Waals surface area contributed by atoms with Gasteiger partial charge < -0.3 is 0 Å². The minimum Gasteiger partial charge on any atom is -0.218 e. The number of aromatic nitrogens is 3. The molecule has 0 unspecified atom stereocenters. The van der Waals surface area contributed by atoms with Crippen LogP contribution in [0.1, 0.15) is 11.6 Å². The van der Waals surface area contributed by atoms with Gasteiger partial charge in [-0.1, -0.05) is 15.9 Å². The number of alkyl halides is 3. The molecule has 0 radical (unpaired) electrons. The smallest absolute Gasteiger partial charge is 0.218 e. The summed E-state index contributed by atoms with van der Waals surface area (Å²) in [4.78, 5) is 3.40. The molecule has 7 heteroatoms. The molecule has 0 aliphatic heterocycles. The quantitative estimate of drug-likeness (QED) is 0.809. The highest BCUT2D eigenvalue weighted by molar-refractivity contribution is 9.10. The number of rotatable bonds is 1. The van der Waals surface area contributed by atoms with Crippen molar-refractivity contribution in [3.05, 3.63) is 40.4 Å². The summed E-state index contributed by atoms with van der Waals surface area (Å²) >= 11 is 3.25. The maximum absolute atomic E-state index is 12.4. The van der Waals surface area contributed by atoms with E-state index in [4.69, 9.17) is 0 Å². The van der Waals surface area contributed by atoms with Crippen molar-refractivity contribution in [2.45, 2.75) is 13.1 Å². The summed E-state index contributed by atoms with van der Waals surface area (Å²) < 4.78 is 39.3. The third-order valence-electron chi connectivity index (χ3n) is 2.09. The fourth-order valence-corrected chi connectivity index (χ4v) is 1.60. The molecule has 0 spiro atoms. The van der Waals surface area contributed by atoms with E-state index >= 15 is 0 Å². The van der Waals surface area contributed by atoms with Gasteiger partial charge in [-0.15, -0.1) is 5.10 Å². The normalized spacial score (nSPS) is 11.8. The number of hydrogen-bond acceptors (Lipinski definition) is 2. The number of halogens is 4. The second-order valence-corrected chi connectivity index (χ2v) is 4.28. The Morgan fingerprint density at radius 3 is 2.24 bits per heavy atom. The summed E-state index contributed by atoms with van der Waals surface area (Å²) in [7, 11) is 0. The highest BCUT2D eigenvalue weighted by atomic mass is 79.9. The van der Waals surface area contributed by atoms with Gasteiger partial charge in [-0.2, -0.15) is 13.2 Å². The van der Waals surface area contributed by atoms with E-state index < -0.39 is 12.0 Å². The Hall–Kier alpha value is -1.37. The molecule has 0 aliphatic rings. The van der Waals surface area contributed by atoms with E-state index in [9.17, 15) is 13.2 Å². The Morgan fingerprint density at radius 2 is 1.76 bits per heavy atom.